The van der Waals surface area contributed by atoms with Gasteiger partial charge in [-0.15, -0.1) is 10.2 Å². The predicted octanol–water partition coefficient (Wildman–Crippen LogP) is 0.985. The Kier molecular flexibility index (Phi) is 2.55. The van der Waals surface area contributed by atoms with E-state index in [0.717, 1.165) is 0 Å². The van der Waals surface area contributed by atoms with Crippen LogP contribution in [0.4, 0.5) is 18.3 Å². The Morgan fingerprint density at radius 1 is 1.40 bits per heavy atom. The van der Waals surface area contributed by atoms with Gasteiger partial charge in [-0.2, -0.15) is 13.2 Å². The minimum Gasteiger partial charge on any atom is -0.396 e. The van der Waals surface area contributed by atoms with Gasteiger partial charge in [-0.05, 0) is 0 Å². The third-order valence-electron chi connectivity index (χ3n) is 2.14. The van der Waals surface area contributed by atoms with E-state index >= 15 is 0 Å². The lowest BCUT2D eigenvalue weighted by molar-refractivity contribution is -0.138. The first kappa shape index (κ1) is 10.6. The first-order valence-electron chi connectivity index (χ1n) is 4.27. The highest BCUT2D eigenvalue weighted by Gasteiger charge is 2.37. The van der Waals surface area contributed by atoms with Gasteiger partial charge in [-0.25, -0.2) is 0 Å². The van der Waals surface area contributed by atoms with Gasteiger partial charge in [0.1, 0.15) is 0 Å². The fourth-order valence-corrected chi connectivity index (χ4v) is 2.03. The lowest BCUT2D eigenvalue weighted by Crippen LogP contribution is -2.48. The van der Waals surface area contributed by atoms with Crippen molar-refractivity contribution in [2.45, 2.75) is 6.18 Å². The molecule has 0 unspecified atom stereocenters. The fourth-order valence-electron chi connectivity index (χ4n) is 1.30. The largest absolute Gasteiger partial charge is 0.445 e. The lowest BCUT2D eigenvalue weighted by atomic mass is 10.0. The molecule has 1 aliphatic heterocycles. The summed E-state index contributed by atoms with van der Waals surface area (Å²) < 4.78 is 36.5. The van der Waals surface area contributed by atoms with Crippen LogP contribution in [0.3, 0.4) is 0 Å². The number of hydrogen-bond acceptors (Lipinski definition) is 5. The van der Waals surface area contributed by atoms with Crippen LogP contribution in [-0.4, -0.2) is 35.0 Å². The van der Waals surface area contributed by atoms with Crippen molar-refractivity contribution in [3.05, 3.63) is 5.01 Å². The molecular formula is C7H8F3N3OS. The number of nitrogens with zero attached hydrogens (tertiary/aromatic N) is 3. The summed E-state index contributed by atoms with van der Waals surface area (Å²) in [5, 5.41) is 14.6. The van der Waals surface area contributed by atoms with Gasteiger partial charge in [0, 0.05) is 25.6 Å². The van der Waals surface area contributed by atoms with Crippen molar-refractivity contribution in [2.24, 2.45) is 5.92 Å². The molecule has 1 saturated heterocycles. The molecule has 0 atom stereocenters. The van der Waals surface area contributed by atoms with E-state index in [9.17, 15) is 13.2 Å². The highest BCUT2D eigenvalue weighted by atomic mass is 32.1. The minimum atomic E-state index is -4.42. The van der Waals surface area contributed by atoms with Crippen LogP contribution in [0.25, 0.3) is 0 Å². The average molecular weight is 239 g/mol. The second-order valence-corrected chi connectivity index (χ2v) is 4.30. The summed E-state index contributed by atoms with van der Waals surface area (Å²) in [6.45, 7) is 1.15. The van der Waals surface area contributed by atoms with E-state index in [0.29, 0.717) is 24.4 Å². The molecule has 0 spiro atoms. The van der Waals surface area contributed by atoms with Gasteiger partial charge in [0.2, 0.25) is 10.1 Å². The first-order chi connectivity index (χ1) is 7.00. The highest BCUT2D eigenvalue weighted by Crippen LogP contribution is 2.35. The molecule has 1 aromatic heterocycles. The molecule has 4 nitrogen and oxygen atoms in total. The Morgan fingerprint density at radius 3 is 2.53 bits per heavy atom. The van der Waals surface area contributed by atoms with E-state index in [1.54, 1.807) is 4.90 Å². The number of aliphatic hydroxyl groups excluding tert-OH is 1. The molecule has 0 aliphatic carbocycles. The van der Waals surface area contributed by atoms with E-state index in [1.807, 2.05) is 0 Å². The average Bonchev–Trinajstić information content (AvgIpc) is 2.50. The molecule has 0 saturated carbocycles. The molecule has 0 aromatic carbocycles. The third kappa shape index (κ3) is 2.05. The van der Waals surface area contributed by atoms with Gasteiger partial charge < -0.3 is 10.0 Å². The minimum absolute atomic E-state index is 0.0570. The van der Waals surface area contributed by atoms with Crippen molar-refractivity contribution in [3.8, 4) is 0 Å². The van der Waals surface area contributed by atoms with Gasteiger partial charge in [-0.1, -0.05) is 11.3 Å². The van der Waals surface area contributed by atoms with Gasteiger partial charge in [-0.3, -0.25) is 0 Å². The quantitative estimate of drug-likeness (QED) is 0.836. The third-order valence-corrected chi connectivity index (χ3v) is 3.17. The number of aromatic nitrogens is 2. The van der Waals surface area contributed by atoms with E-state index < -0.39 is 11.2 Å². The molecule has 1 aliphatic rings. The number of aliphatic hydroxyl groups is 1. The van der Waals surface area contributed by atoms with E-state index in [1.165, 1.54) is 0 Å². The molecule has 2 heterocycles. The Hall–Kier alpha value is -0.890. The summed E-state index contributed by atoms with van der Waals surface area (Å²) in [6, 6.07) is 0. The number of alkyl halides is 3. The standard InChI is InChI=1S/C7H8F3N3OS/c8-7(9,10)5-11-12-6(15-5)13-1-4(2-13)3-14/h4,14H,1-3H2. The zero-order chi connectivity index (χ0) is 11.1. The summed E-state index contributed by atoms with van der Waals surface area (Å²) in [6.07, 6.45) is -4.42. The lowest BCUT2D eigenvalue weighted by Gasteiger charge is -2.37. The fraction of sp³-hybridized carbons (Fsp3) is 0.714. The van der Waals surface area contributed by atoms with Gasteiger partial charge in [0.15, 0.2) is 0 Å². The van der Waals surface area contributed by atoms with Crippen molar-refractivity contribution in [1.82, 2.24) is 10.2 Å². The van der Waals surface area contributed by atoms with Crippen LogP contribution in [0.2, 0.25) is 0 Å². The van der Waals surface area contributed by atoms with Crippen LogP contribution in [0.5, 0.6) is 0 Å². The maximum absolute atomic E-state index is 12.2. The van der Waals surface area contributed by atoms with E-state index in [2.05, 4.69) is 10.2 Å². The van der Waals surface area contributed by atoms with Crippen LogP contribution >= 0.6 is 11.3 Å². The Labute approximate surface area is 87.3 Å². The van der Waals surface area contributed by atoms with Crippen LogP contribution < -0.4 is 4.90 Å². The Morgan fingerprint density at radius 2 is 2.07 bits per heavy atom. The second-order valence-electron chi connectivity index (χ2n) is 3.34. The molecule has 2 rings (SSSR count). The summed E-state index contributed by atoms with van der Waals surface area (Å²) in [5.41, 5.74) is 0. The maximum Gasteiger partial charge on any atom is 0.445 e. The number of hydrogen-bond donors (Lipinski definition) is 1. The van der Waals surface area contributed by atoms with E-state index in [-0.39, 0.29) is 17.7 Å². The molecule has 0 bridgehead atoms. The number of halogens is 3. The van der Waals surface area contributed by atoms with Crippen LogP contribution in [0.1, 0.15) is 5.01 Å². The maximum atomic E-state index is 12.2. The summed E-state index contributed by atoms with van der Waals surface area (Å²) in [4.78, 5) is 1.67. The monoisotopic (exact) mass is 239 g/mol. The van der Waals surface area contributed by atoms with Crippen molar-refractivity contribution >= 4 is 16.5 Å². The van der Waals surface area contributed by atoms with Crippen molar-refractivity contribution in [3.63, 3.8) is 0 Å². The smallest absolute Gasteiger partial charge is 0.396 e. The zero-order valence-corrected chi connectivity index (χ0v) is 8.35. The summed E-state index contributed by atoms with van der Waals surface area (Å²) in [5.74, 6) is 0.142. The predicted molar refractivity (Wildman–Crippen MR) is 47.7 cm³/mol. The SMILES string of the molecule is OCC1CN(c2nnc(C(F)(F)F)s2)C1. The topological polar surface area (TPSA) is 49.2 Å². The number of anilines is 1. The molecule has 15 heavy (non-hydrogen) atoms. The molecule has 1 aromatic rings. The Balaban J connectivity index is 2.03. The van der Waals surface area contributed by atoms with E-state index in [4.69, 9.17) is 5.11 Å². The number of rotatable bonds is 2. The molecule has 0 radical (unpaired) electrons. The summed E-state index contributed by atoms with van der Waals surface area (Å²) >= 11 is 0.533. The van der Waals surface area contributed by atoms with Crippen molar-refractivity contribution in [1.29, 1.82) is 0 Å². The van der Waals surface area contributed by atoms with Gasteiger partial charge in [0.05, 0.1) is 0 Å². The van der Waals surface area contributed by atoms with Gasteiger partial charge in [0.25, 0.3) is 0 Å². The molecule has 1 N–H and O–H groups in total. The van der Waals surface area contributed by atoms with Gasteiger partial charge >= 0.3 is 6.18 Å². The van der Waals surface area contributed by atoms with Crippen LogP contribution in [0, 0.1) is 5.92 Å². The van der Waals surface area contributed by atoms with Crippen molar-refractivity contribution < 1.29 is 18.3 Å². The molecule has 84 valence electrons. The van der Waals surface area contributed by atoms with Crippen molar-refractivity contribution in [2.75, 3.05) is 24.6 Å². The van der Waals surface area contributed by atoms with Crippen LogP contribution in [-0.2, 0) is 6.18 Å². The normalized spacial score (nSPS) is 18.0. The summed E-state index contributed by atoms with van der Waals surface area (Å²) in [7, 11) is 0. The molecule has 0 amide bonds. The molecular weight excluding hydrogens is 231 g/mol. The highest BCUT2D eigenvalue weighted by molar-refractivity contribution is 7.15. The first-order valence-corrected chi connectivity index (χ1v) is 5.09. The molecule has 8 heteroatoms. The Bertz CT molecular complexity index is 347. The second kappa shape index (κ2) is 3.60. The van der Waals surface area contributed by atoms with Crippen LogP contribution in [0.15, 0.2) is 0 Å². The zero-order valence-electron chi connectivity index (χ0n) is 7.53. The molecule has 1 fully saturated rings.